The van der Waals surface area contributed by atoms with Gasteiger partial charge < -0.3 is 10.2 Å². The summed E-state index contributed by atoms with van der Waals surface area (Å²) in [4.78, 5) is 2.62. The van der Waals surface area contributed by atoms with Crippen LogP contribution in [0.3, 0.4) is 0 Å². The second kappa shape index (κ2) is 5.38. The van der Waals surface area contributed by atoms with E-state index in [0.717, 1.165) is 6.42 Å². The highest BCUT2D eigenvalue weighted by Crippen LogP contribution is 2.57. The minimum absolute atomic E-state index is 0.0417. The van der Waals surface area contributed by atoms with Crippen molar-refractivity contribution in [2.45, 2.75) is 31.0 Å². The highest BCUT2D eigenvalue weighted by Gasteiger charge is 2.54. The maximum absolute atomic E-state index is 3.83. The summed E-state index contributed by atoms with van der Waals surface area (Å²) in [6.07, 6.45) is 1.09. The number of benzene rings is 3. The number of hydrogen-bond acceptors (Lipinski definition) is 2. The van der Waals surface area contributed by atoms with Crippen LogP contribution >= 0.6 is 0 Å². The minimum atomic E-state index is 0.0417. The fraction of sp³-hybridized carbons (Fsp3) is 0.217. The molecule has 2 aliphatic heterocycles. The molecular formula is C23H22N2. The molecule has 0 saturated carbocycles. The van der Waals surface area contributed by atoms with Crippen LogP contribution in [0.1, 0.15) is 36.6 Å². The maximum Gasteiger partial charge on any atom is 0.0796 e. The van der Waals surface area contributed by atoms with E-state index >= 15 is 0 Å². The van der Waals surface area contributed by atoms with Crippen molar-refractivity contribution in [3.05, 3.63) is 96.1 Å². The quantitative estimate of drug-likeness (QED) is 0.663. The molecule has 124 valence electrons. The number of rotatable bonds is 2. The third-order valence-electron chi connectivity index (χ3n) is 5.75. The molecule has 5 rings (SSSR count). The van der Waals surface area contributed by atoms with E-state index in [4.69, 9.17) is 0 Å². The van der Waals surface area contributed by atoms with Crippen molar-refractivity contribution >= 4 is 11.4 Å². The van der Waals surface area contributed by atoms with Crippen LogP contribution < -0.4 is 10.2 Å². The molecule has 2 nitrogen and oxygen atoms in total. The Morgan fingerprint density at radius 2 is 1.48 bits per heavy atom. The Morgan fingerprint density at radius 3 is 2.24 bits per heavy atom. The van der Waals surface area contributed by atoms with Crippen molar-refractivity contribution in [3.63, 3.8) is 0 Å². The third kappa shape index (κ3) is 2.17. The van der Waals surface area contributed by atoms with E-state index in [1.54, 1.807) is 0 Å². The monoisotopic (exact) mass is 326 g/mol. The predicted molar refractivity (Wildman–Crippen MR) is 104 cm³/mol. The molecule has 0 radical (unpaired) electrons. The fourth-order valence-corrected chi connectivity index (χ4v) is 4.75. The minimum Gasteiger partial charge on any atom is -0.377 e. The predicted octanol–water partition coefficient (Wildman–Crippen LogP) is 5.56. The Bertz CT molecular complexity index is 890. The van der Waals surface area contributed by atoms with Gasteiger partial charge in [0.15, 0.2) is 0 Å². The van der Waals surface area contributed by atoms with Gasteiger partial charge in [0.25, 0.3) is 0 Å². The lowest BCUT2D eigenvalue weighted by atomic mass is 9.90. The summed E-state index contributed by atoms with van der Waals surface area (Å²) in [5.41, 5.74) is 5.42. The largest absolute Gasteiger partial charge is 0.377 e. The molecule has 3 atom stereocenters. The van der Waals surface area contributed by atoms with Gasteiger partial charge in [0, 0.05) is 16.9 Å². The first kappa shape index (κ1) is 14.6. The Labute approximate surface area is 149 Å². The zero-order valence-corrected chi connectivity index (χ0v) is 14.4. The average Bonchev–Trinajstić information content (AvgIpc) is 3.11. The van der Waals surface area contributed by atoms with E-state index in [1.807, 2.05) is 0 Å². The van der Waals surface area contributed by atoms with Crippen LogP contribution in [0.2, 0.25) is 0 Å². The van der Waals surface area contributed by atoms with Gasteiger partial charge in [-0.2, -0.15) is 0 Å². The van der Waals surface area contributed by atoms with Gasteiger partial charge in [0.05, 0.1) is 17.6 Å². The van der Waals surface area contributed by atoms with Crippen LogP contribution in [-0.4, -0.2) is 5.54 Å². The zero-order chi connectivity index (χ0) is 16.9. The second-order valence-corrected chi connectivity index (χ2v) is 7.41. The molecule has 0 bridgehead atoms. The summed E-state index contributed by atoms with van der Waals surface area (Å²) < 4.78 is 0. The average molecular weight is 326 g/mol. The Hall–Kier alpha value is -2.74. The lowest BCUT2D eigenvalue weighted by Gasteiger charge is -2.34. The fourth-order valence-electron chi connectivity index (χ4n) is 4.75. The van der Waals surface area contributed by atoms with Crippen LogP contribution in [0.25, 0.3) is 0 Å². The van der Waals surface area contributed by atoms with Crippen molar-refractivity contribution in [3.8, 4) is 0 Å². The normalized spacial score (nSPS) is 26.8. The summed E-state index contributed by atoms with van der Waals surface area (Å²) in [5, 5.41) is 3.83. The van der Waals surface area contributed by atoms with Gasteiger partial charge in [-0.05, 0) is 37.1 Å². The highest BCUT2D eigenvalue weighted by atomic mass is 15.3. The van der Waals surface area contributed by atoms with E-state index in [0.29, 0.717) is 12.1 Å². The molecule has 3 aromatic carbocycles. The summed E-state index contributed by atoms with van der Waals surface area (Å²) in [5.74, 6) is 0. The number of para-hydroxylation sites is 2. The highest BCUT2D eigenvalue weighted by molar-refractivity contribution is 5.68. The molecule has 2 aliphatic rings. The third-order valence-corrected chi connectivity index (χ3v) is 5.75. The van der Waals surface area contributed by atoms with Crippen LogP contribution in [0, 0.1) is 0 Å². The molecule has 2 heteroatoms. The number of nitrogens with one attached hydrogen (secondary N) is 1. The Morgan fingerprint density at radius 1 is 0.840 bits per heavy atom. The number of fused-ring (bicyclic) bond motifs is 3. The van der Waals surface area contributed by atoms with Gasteiger partial charge in [-0.3, -0.25) is 0 Å². The molecular weight excluding hydrogens is 304 g/mol. The first-order valence-corrected chi connectivity index (χ1v) is 9.02. The van der Waals surface area contributed by atoms with Crippen LogP contribution in [0.4, 0.5) is 11.4 Å². The molecule has 1 saturated heterocycles. The first-order valence-electron chi connectivity index (χ1n) is 9.02. The lowest BCUT2D eigenvalue weighted by Crippen LogP contribution is -2.36. The van der Waals surface area contributed by atoms with Gasteiger partial charge in [-0.1, -0.05) is 66.7 Å². The van der Waals surface area contributed by atoms with Gasteiger partial charge >= 0.3 is 0 Å². The molecule has 1 fully saturated rings. The molecule has 2 heterocycles. The summed E-state index contributed by atoms with van der Waals surface area (Å²) in [6, 6.07) is 31.3. The smallest absolute Gasteiger partial charge is 0.0796 e. The van der Waals surface area contributed by atoms with Crippen LogP contribution in [0.5, 0.6) is 0 Å². The maximum atomic E-state index is 3.83. The number of anilines is 2. The van der Waals surface area contributed by atoms with E-state index in [9.17, 15) is 0 Å². The first-order chi connectivity index (χ1) is 12.3. The Balaban J connectivity index is 1.68. The van der Waals surface area contributed by atoms with Crippen molar-refractivity contribution in [2.75, 3.05) is 10.2 Å². The molecule has 0 aliphatic carbocycles. The zero-order valence-electron chi connectivity index (χ0n) is 14.4. The van der Waals surface area contributed by atoms with E-state index in [-0.39, 0.29) is 5.54 Å². The van der Waals surface area contributed by atoms with Gasteiger partial charge in [-0.25, -0.2) is 0 Å². The second-order valence-electron chi connectivity index (χ2n) is 7.41. The van der Waals surface area contributed by atoms with Gasteiger partial charge in [0.2, 0.25) is 0 Å². The van der Waals surface area contributed by atoms with Crippen LogP contribution in [0.15, 0.2) is 84.9 Å². The van der Waals surface area contributed by atoms with Crippen molar-refractivity contribution in [2.24, 2.45) is 0 Å². The van der Waals surface area contributed by atoms with Gasteiger partial charge in [0.1, 0.15) is 0 Å². The number of hydrogen-bond donors (Lipinski definition) is 1. The molecule has 1 N–H and O–H groups in total. The molecule has 0 aromatic heterocycles. The van der Waals surface area contributed by atoms with E-state index < -0.39 is 0 Å². The molecule has 3 aromatic rings. The van der Waals surface area contributed by atoms with Crippen molar-refractivity contribution in [1.29, 1.82) is 0 Å². The van der Waals surface area contributed by atoms with Crippen molar-refractivity contribution < 1.29 is 0 Å². The SMILES string of the molecule is C[C@@]12C[C@H](c3ccccc3)N(c3ccccc3)[C@@H]1c1ccccc1N2. The van der Waals surface area contributed by atoms with Gasteiger partial charge in [-0.15, -0.1) is 0 Å². The topological polar surface area (TPSA) is 15.3 Å². The lowest BCUT2D eigenvalue weighted by molar-refractivity contribution is 0.494. The Kier molecular flexibility index (Phi) is 3.14. The summed E-state index contributed by atoms with van der Waals surface area (Å²) >= 11 is 0. The van der Waals surface area contributed by atoms with E-state index in [1.165, 1.54) is 22.5 Å². The molecule has 0 amide bonds. The summed E-state index contributed by atoms with van der Waals surface area (Å²) in [7, 11) is 0. The van der Waals surface area contributed by atoms with Crippen molar-refractivity contribution in [1.82, 2.24) is 0 Å². The molecule has 0 unspecified atom stereocenters. The van der Waals surface area contributed by atoms with Crippen LogP contribution in [-0.2, 0) is 0 Å². The van der Waals surface area contributed by atoms with E-state index in [2.05, 4.69) is 102 Å². The number of nitrogens with zero attached hydrogens (tertiary/aromatic N) is 1. The molecule has 0 spiro atoms. The molecule has 25 heavy (non-hydrogen) atoms. The standard InChI is InChI=1S/C23H22N2/c1-23-16-21(17-10-4-2-5-11-17)25(18-12-6-3-7-13-18)22(23)19-14-8-9-15-20(19)24-23/h2-15,21-22,24H,16H2,1H3/t21-,22-,23-/m1/s1. The summed E-state index contributed by atoms with van der Waals surface area (Å²) in [6.45, 7) is 2.37.